The lowest BCUT2D eigenvalue weighted by Crippen LogP contribution is -2.38. The first kappa shape index (κ1) is 24.0. The number of anilines is 2. The Morgan fingerprint density at radius 1 is 1.05 bits per heavy atom. The number of fused-ring (bicyclic) bond motifs is 1. The number of benzene rings is 2. The first-order valence-corrected chi connectivity index (χ1v) is 13.9. The van der Waals surface area contributed by atoms with Crippen LogP contribution in [0.5, 0.6) is 11.6 Å². The van der Waals surface area contributed by atoms with Crippen molar-refractivity contribution < 1.29 is 9.53 Å². The number of amides is 1. The Bertz CT molecular complexity index is 1560. The van der Waals surface area contributed by atoms with E-state index in [4.69, 9.17) is 9.72 Å². The molecular weight excluding hydrogens is 488 g/mol. The summed E-state index contributed by atoms with van der Waals surface area (Å²) >= 11 is 0. The number of ether oxygens (including phenoxy) is 1. The second-order valence-electron chi connectivity index (χ2n) is 11.1. The molecule has 3 N–H and O–H groups in total. The van der Waals surface area contributed by atoms with E-state index in [1.165, 1.54) is 12.8 Å². The van der Waals surface area contributed by atoms with Gasteiger partial charge in [0.1, 0.15) is 5.75 Å². The summed E-state index contributed by atoms with van der Waals surface area (Å²) in [6.45, 7) is 3.98. The monoisotopic (exact) mass is 520 g/mol. The van der Waals surface area contributed by atoms with Crippen molar-refractivity contribution in [3.63, 3.8) is 0 Å². The Hall–Kier alpha value is -4.04. The highest BCUT2D eigenvalue weighted by Gasteiger charge is 2.65. The highest BCUT2D eigenvalue weighted by Crippen LogP contribution is 2.70. The van der Waals surface area contributed by atoms with Crippen LogP contribution in [0.25, 0.3) is 22.0 Å². The first-order chi connectivity index (χ1) is 19.1. The maximum absolute atomic E-state index is 12.9. The van der Waals surface area contributed by atoms with Crippen molar-refractivity contribution in [2.75, 3.05) is 23.7 Å². The van der Waals surface area contributed by atoms with Gasteiger partial charge in [-0.15, -0.1) is 0 Å². The summed E-state index contributed by atoms with van der Waals surface area (Å²) in [5.74, 6) is 2.08. The number of nitrogens with one attached hydrogen (secondary N) is 3. The molecular formula is C31H32N6O2. The standard InChI is InChI=1S/C31H32N6O2/c1-19-9-10-21-22(6-2-8-25(21)36-28(38)24-17-31(24)12-13-31)27(19)39-29-23(7-4-15-33-29)26-11-16-34-30(37-26)35-20-5-3-14-32-18-20/h2,4,6-11,15-16,20,24,32H,3,5,12-14,17-18H2,1H3,(H,36,38)(H,34,35,37)/t20-,24?/m0/s1. The van der Waals surface area contributed by atoms with Crippen LogP contribution < -0.4 is 20.7 Å². The number of piperidine rings is 1. The zero-order valence-electron chi connectivity index (χ0n) is 22.0. The van der Waals surface area contributed by atoms with E-state index in [9.17, 15) is 4.79 Å². The minimum Gasteiger partial charge on any atom is -0.437 e. The Morgan fingerprint density at radius 3 is 2.79 bits per heavy atom. The molecule has 8 nitrogen and oxygen atoms in total. The zero-order valence-corrected chi connectivity index (χ0v) is 22.0. The van der Waals surface area contributed by atoms with Crippen molar-refractivity contribution in [3.05, 3.63) is 66.5 Å². The van der Waals surface area contributed by atoms with Gasteiger partial charge in [-0.1, -0.05) is 24.3 Å². The van der Waals surface area contributed by atoms with Crippen molar-refractivity contribution in [3.8, 4) is 22.9 Å². The fourth-order valence-electron chi connectivity index (χ4n) is 5.83. The molecule has 2 aromatic heterocycles. The maximum Gasteiger partial charge on any atom is 0.228 e. The number of carbonyl (C=O) groups excluding carboxylic acids is 1. The topological polar surface area (TPSA) is 101 Å². The molecule has 39 heavy (non-hydrogen) atoms. The van der Waals surface area contributed by atoms with Gasteiger partial charge in [0, 0.05) is 47.4 Å². The number of rotatable bonds is 7. The largest absolute Gasteiger partial charge is 0.437 e. The summed E-state index contributed by atoms with van der Waals surface area (Å²) in [4.78, 5) is 26.7. The third-order valence-corrected chi connectivity index (χ3v) is 8.40. The number of pyridine rings is 1. The van der Waals surface area contributed by atoms with Crippen LogP contribution in [-0.4, -0.2) is 40.0 Å². The van der Waals surface area contributed by atoms with Crippen LogP contribution in [0.15, 0.2) is 60.9 Å². The first-order valence-electron chi connectivity index (χ1n) is 13.9. The van der Waals surface area contributed by atoms with Crippen molar-refractivity contribution in [1.29, 1.82) is 0 Å². The average molecular weight is 521 g/mol. The molecule has 1 unspecified atom stereocenters. The van der Waals surface area contributed by atoms with E-state index in [1.54, 1.807) is 12.4 Å². The summed E-state index contributed by atoms with van der Waals surface area (Å²) in [7, 11) is 0. The van der Waals surface area contributed by atoms with Crippen LogP contribution >= 0.6 is 0 Å². The summed E-state index contributed by atoms with van der Waals surface area (Å²) in [5.41, 5.74) is 3.64. The number of carbonyl (C=O) groups is 1. The molecule has 1 aliphatic heterocycles. The molecule has 3 aliphatic rings. The molecule has 0 radical (unpaired) electrons. The second kappa shape index (κ2) is 9.61. The lowest BCUT2D eigenvalue weighted by atomic mass is 10.0. The quantitative estimate of drug-likeness (QED) is 0.288. The number of nitrogens with zero attached hydrogens (tertiary/aromatic N) is 3. The van der Waals surface area contributed by atoms with Crippen LogP contribution in [0.4, 0.5) is 11.6 Å². The van der Waals surface area contributed by atoms with Crippen molar-refractivity contribution >= 4 is 28.3 Å². The van der Waals surface area contributed by atoms with Crippen LogP contribution in [0.3, 0.4) is 0 Å². The maximum atomic E-state index is 12.9. The highest BCUT2D eigenvalue weighted by atomic mass is 16.5. The summed E-state index contributed by atoms with van der Waals surface area (Å²) in [6.07, 6.45) is 9.11. The molecule has 4 aromatic rings. The van der Waals surface area contributed by atoms with Crippen LogP contribution in [0.2, 0.25) is 0 Å². The molecule has 3 fully saturated rings. The van der Waals surface area contributed by atoms with E-state index in [0.29, 0.717) is 29.0 Å². The van der Waals surface area contributed by atoms with Crippen LogP contribution in [0.1, 0.15) is 37.7 Å². The number of aromatic nitrogens is 3. The van der Waals surface area contributed by atoms with Gasteiger partial charge in [-0.05, 0) is 80.8 Å². The normalized spacial score (nSPS) is 20.9. The van der Waals surface area contributed by atoms with E-state index in [-0.39, 0.29) is 11.8 Å². The van der Waals surface area contributed by atoms with Crippen LogP contribution in [0, 0.1) is 18.3 Å². The third-order valence-electron chi connectivity index (χ3n) is 8.40. The Labute approximate surface area is 227 Å². The van der Waals surface area contributed by atoms with Gasteiger partial charge in [0.05, 0.1) is 11.3 Å². The van der Waals surface area contributed by atoms with E-state index >= 15 is 0 Å². The molecule has 2 saturated carbocycles. The molecule has 1 amide bonds. The fourth-order valence-corrected chi connectivity index (χ4v) is 5.83. The van der Waals surface area contributed by atoms with Gasteiger partial charge in [0.2, 0.25) is 17.7 Å². The second-order valence-corrected chi connectivity index (χ2v) is 11.1. The van der Waals surface area contributed by atoms with Gasteiger partial charge in [0.15, 0.2) is 0 Å². The number of aryl methyl sites for hydroxylation is 1. The minimum absolute atomic E-state index is 0.132. The molecule has 0 bridgehead atoms. The Morgan fingerprint density at radius 2 is 1.97 bits per heavy atom. The van der Waals surface area contributed by atoms with E-state index in [2.05, 4.69) is 32.0 Å². The zero-order chi connectivity index (χ0) is 26.4. The lowest BCUT2D eigenvalue weighted by Gasteiger charge is -2.23. The van der Waals surface area contributed by atoms with Gasteiger partial charge >= 0.3 is 0 Å². The molecule has 3 heterocycles. The molecule has 2 atom stereocenters. The third kappa shape index (κ3) is 4.69. The minimum atomic E-state index is 0.132. The summed E-state index contributed by atoms with van der Waals surface area (Å²) in [6, 6.07) is 16.1. The van der Waals surface area contributed by atoms with Gasteiger partial charge in [0.25, 0.3) is 0 Å². The SMILES string of the molecule is Cc1ccc2c(NC(=O)C3CC34CC4)cccc2c1Oc1ncccc1-c1ccnc(N[C@H]2CCCNC2)n1. The van der Waals surface area contributed by atoms with Crippen molar-refractivity contribution in [2.45, 2.75) is 45.1 Å². The summed E-state index contributed by atoms with van der Waals surface area (Å²) in [5, 5.41) is 11.9. The van der Waals surface area contributed by atoms with E-state index < -0.39 is 0 Å². The molecule has 2 aliphatic carbocycles. The Balaban J connectivity index is 1.18. The highest BCUT2D eigenvalue weighted by molar-refractivity contribution is 6.06. The molecule has 1 saturated heterocycles. The summed E-state index contributed by atoms with van der Waals surface area (Å²) < 4.78 is 6.55. The van der Waals surface area contributed by atoms with Crippen molar-refractivity contribution in [1.82, 2.24) is 20.3 Å². The van der Waals surface area contributed by atoms with Crippen molar-refractivity contribution in [2.24, 2.45) is 11.3 Å². The Kier molecular flexibility index (Phi) is 5.92. The van der Waals surface area contributed by atoms with Gasteiger partial charge < -0.3 is 20.7 Å². The fraction of sp³-hybridized carbons (Fsp3) is 0.355. The smallest absolute Gasteiger partial charge is 0.228 e. The molecule has 7 rings (SSSR count). The van der Waals surface area contributed by atoms with Gasteiger partial charge in [-0.25, -0.2) is 15.0 Å². The predicted octanol–water partition coefficient (Wildman–Crippen LogP) is 5.70. The predicted molar refractivity (Wildman–Crippen MR) is 152 cm³/mol. The average Bonchev–Trinajstić information content (AvgIpc) is 3.89. The number of hydrogen-bond donors (Lipinski definition) is 3. The van der Waals surface area contributed by atoms with E-state index in [0.717, 1.165) is 65.6 Å². The molecule has 198 valence electrons. The molecule has 2 aromatic carbocycles. The van der Waals surface area contributed by atoms with Gasteiger partial charge in [-0.3, -0.25) is 4.79 Å². The molecule has 8 heteroatoms. The van der Waals surface area contributed by atoms with Crippen LogP contribution in [-0.2, 0) is 4.79 Å². The lowest BCUT2D eigenvalue weighted by molar-refractivity contribution is -0.117. The number of hydrogen-bond acceptors (Lipinski definition) is 7. The van der Waals surface area contributed by atoms with E-state index in [1.807, 2.05) is 49.4 Å². The molecule has 1 spiro atoms. The van der Waals surface area contributed by atoms with Gasteiger partial charge in [-0.2, -0.15) is 0 Å².